The van der Waals surface area contributed by atoms with Gasteiger partial charge in [-0.3, -0.25) is 0 Å². The zero-order valence-electron chi connectivity index (χ0n) is 12.0. The number of fused-ring (bicyclic) bond motifs is 1. The highest BCUT2D eigenvalue weighted by molar-refractivity contribution is 6.31. The van der Waals surface area contributed by atoms with Gasteiger partial charge in [-0.1, -0.05) is 48.0 Å². The number of hydrogen-bond donors (Lipinski definition) is 1. The molecule has 1 aliphatic carbocycles. The van der Waals surface area contributed by atoms with Gasteiger partial charge in [0.15, 0.2) is 0 Å². The van der Waals surface area contributed by atoms with Crippen molar-refractivity contribution in [1.29, 1.82) is 0 Å². The Balaban J connectivity index is 1.81. The normalized spacial score (nSPS) is 18.2. The highest BCUT2D eigenvalue weighted by atomic mass is 35.5. The summed E-state index contributed by atoms with van der Waals surface area (Å²) in [6, 6.07) is 15.3. The quantitative estimate of drug-likeness (QED) is 0.863. The van der Waals surface area contributed by atoms with Crippen molar-refractivity contribution >= 4 is 11.6 Å². The van der Waals surface area contributed by atoms with Crippen LogP contribution in [0.3, 0.4) is 0 Å². The molecule has 2 unspecified atom stereocenters. The lowest BCUT2D eigenvalue weighted by Gasteiger charge is -2.33. The Morgan fingerprint density at radius 2 is 2.00 bits per heavy atom. The highest BCUT2D eigenvalue weighted by Gasteiger charge is 2.28. The smallest absolute Gasteiger partial charge is 0.0438 e. The second-order valence-electron chi connectivity index (χ2n) is 5.63. The summed E-state index contributed by atoms with van der Waals surface area (Å²) >= 11 is 6.25. The number of benzene rings is 2. The molecule has 0 amide bonds. The molecule has 104 valence electrons. The van der Waals surface area contributed by atoms with Crippen molar-refractivity contribution in [1.82, 2.24) is 5.32 Å². The van der Waals surface area contributed by atoms with Gasteiger partial charge < -0.3 is 5.32 Å². The third kappa shape index (κ3) is 2.36. The minimum absolute atomic E-state index is 0.368. The minimum Gasteiger partial charge on any atom is -0.313 e. The van der Waals surface area contributed by atoms with Gasteiger partial charge in [-0.25, -0.2) is 0 Å². The largest absolute Gasteiger partial charge is 0.313 e. The Labute approximate surface area is 126 Å². The van der Waals surface area contributed by atoms with Crippen molar-refractivity contribution in [2.24, 2.45) is 0 Å². The van der Waals surface area contributed by atoms with Crippen LogP contribution in [-0.4, -0.2) is 7.05 Å². The maximum atomic E-state index is 6.25. The molecule has 0 bridgehead atoms. The average Bonchev–Trinajstić information content (AvgIpc) is 2.44. The fourth-order valence-corrected chi connectivity index (χ4v) is 3.44. The molecule has 0 spiro atoms. The van der Waals surface area contributed by atoms with E-state index in [4.69, 9.17) is 11.6 Å². The third-order valence-corrected chi connectivity index (χ3v) is 4.92. The van der Waals surface area contributed by atoms with Gasteiger partial charge >= 0.3 is 0 Å². The van der Waals surface area contributed by atoms with Crippen molar-refractivity contribution in [3.05, 3.63) is 69.7 Å². The summed E-state index contributed by atoms with van der Waals surface area (Å²) in [6.07, 6.45) is 2.34. The summed E-state index contributed by atoms with van der Waals surface area (Å²) in [6.45, 7) is 2.11. The van der Waals surface area contributed by atoms with Crippen LogP contribution < -0.4 is 5.32 Å². The van der Waals surface area contributed by atoms with E-state index in [1.807, 2.05) is 19.2 Å². The Morgan fingerprint density at radius 1 is 1.20 bits per heavy atom. The fourth-order valence-electron chi connectivity index (χ4n) is 3.26. The molecule has 0 fully saturated rings. The van der Waals surface area contributed by atoms with E-state index in [1.54, 1.807) is 0 Å². The van der Waals surface area contributed by atoms with Gasteiger partial charge in [-0.15, -0.1) is 0 Å². The van der Waals surface area contributed by atoms with Crippen LogP contribution in [-0.2, 0) is 6.42 Å². The third-order valence-electron chi connectivity index (χ3n) is 4.51. The number of halogens is 1. The lowest BCUT2D eigenvalue weighted by atomic mass is 9.73. The second-order valence-corrected chi connectivity index (χ2v) is 6.04. The van der Waals surface area contributed by atoms with E-state index in [2.05, 4.69) is 42.6 Å². The maximum Gasteiger partial charge on any atom is 0.0438 e. The minimum atomic E-state index is 0.368. The molecule has 1 aliphatic rings. The van der Waals surface area contributed by atoms with Gasteiger partial charge in [0.2, 0.25) is 0 Å². The Kier molecular flexibility index (Phi) is 3.82. The van der Waals surface area contributed by atoms with Crippen LogP contribution in [0.15, 0.2) is 42.5 Å². The van der Waals surface area contributed by atoms with E-state index in [0.717, 1.165) is 11.4 Å². The van der Waals surface area contributed by atoms with E-state index >= 15 is 0 Å². The lowest BCUT2D eigenvalue weighted by molar-refractivity contribution is 0.451. The lowest BCUT2D eigenvalue weighted by Crippen LogP contribution is -2.25. The van der Waals surface area contributed by atoms with Gasteiger partial charge in [-0.05, 0) is 61.1 Å². The molecule has 2 aromatic rings. The predicted octanol–water partition coefficient (Wildman–Crippen LogP) is 4.64. The SMILES string of the molecule is CNC(CC1Cc2ccccc21)c1cccc(Cl)c1C. The van der Waals surface area contributed by atoms with Crippen LogP contribution >= 0.6 is 11.6 Å². The molecular weight excluding hydrogens is 266 g/mol. The van der Waals surface area contributed by atoms with Crippen LogP contribution in [0.1, 0.15) is 40.6 Å². The van der Waals surface area contributed by atoms with E-state index in [9.17, 15) is 0 Å². The molecule has 20 heavy (non-hydrogen) atoms. The molecule has 0 aliphatic heterocycles. The summed E-state index contributed by atoms with van der Waals surface area (Å²) in [5.74, 6) is 0.669. The van der Waals surface area contributed by atoms with Gasteiger partial charge in [0.05, 0.1) is 0 Å². The molecular formula is C18H20ClN. The molecule has 3 rings (SSSR count). The fraction of sp³-hybridized carbons (Fsp3) is 0.333. The summed E-state index contributed by atoms with van der Waals surface area (Å²) < 4.78 is 0. The summed E-state index contributed by atoms with van der Waals surface area (Å²) in [5.41, 5.74) is 5.55. The number of hydrogen-bond acceptors (Lipinski definition) is 1. The number of rotatable bonds is 4. The van der Waals surface area contributed by atoms with Gasteiger partial charge in [0.25, 0.3) is 0 Å². The van der Waals surface area contributed by atoms with Crippen LogP contribution in [0, 0.1) is 6.92 Å². The monoisotopic (exact) mass is 285 g/mol. The predicted molar refractivity (Wildman–Crippen MR) is 85.5 cm³/mol. The molecule has 2 aromatic carbocycles. The van der Waals surface area contributed by atoms with Crippen LogP contribution in [0.4, 0.5) is 0 Å². The van der Waals surface area contributed by atoms with Crippen molar-refractivity contribution in [3.8, 4) is 0 Å². The van der Waals surface area contributed by atoms with Crippen molar-refractivity contribution < 1.29 is 0 Å². The van der Waals surface area contributed by atoms with Gasteiger partial charge in [0, 0.05) is 11.1 Å². The van der Waals surface area contributed by atoms with E-state index in [1.165, 1.54) is 28.7 Å². The molecule has 1 nitrogen and oxygen atoms in total. The zero-order valence-corrected chi connectivity index (χ0v) is 12.7. The first-order valence-electron chi connectivity index (χ1n) is 7.20. The average molecular weight is 286 g/mol. The molecule has 0 radical (unpaired) electrons. The highest BCUT2D eigenvalue weighted by Crippen LogP contribution is 2.41. The first-order chi connectivity index (χ1) is 9.70. The first kappa shape index (κ1) is 13.7. The summed E-state index contributed by atoms with van der Waals surface area (Å²) in [4.78, 5) is 0. The molecule has 2 heteroatoms. The molecule has 0 saturated heterocycles. The molecule has 0 heterocycles. The Bertz CT molecular complexity index is 621. The van der Waals surface area contributed by atoms with Gasteiger partial charge in [-0.2, -0.15) is 0 Å². The Hall–Kier alpha value is -1.31. The van der Waals surface area contributed by atoms with Crippen molar-refractivity contribution in [3.63, 3.8) is 0 Å². The van der Waals surface area contributed by atoms with E-state index in [0.29, 0.717) is 12.0 Å². The molecule has 1 N–H and O–H groups in total. The summed E-state index contributed by atoms with van der Waals surface area (Å²) in [5, 5.41) is 4.32. The van der Waals surface area contributed by atoms with E-state index in [-0.39, 0.29) is 0 Å². The van der Waals surface area contributed by atoms with Crippen LogP contribution in [0.5, 0.6) is 0 Å². The van der Waals surface area contributed by atoms with Crippen molar-refractivity contribution in [2.75, 3.05) is 7.05 Å². The van der Waals surface area contributed by atoms with Crippen LogP contribution in [0.2, 0.25) is 5.02 Å². The molecule has 2 atom stereocenters. The first-order valence-corrected chi connectivity index (χ1v) is 7.58. The molecule has 0 aromatic heterocycles. The summed E-state index contributed by atoms with van der Waals surface area (Å²) in [7, 11) is 2.04. The van der Waals surface area contributed by atoms with E-state index < -0.39 is 0 Å². The van der Waals surface area contributed by atoms with Crippen LogP contribution in [0.25, 0.3) is 0 Å². The number of nitrogens with one attached hydrogen (secondary N) is 1. The maximum absolute atomic E-state index is 6.25. The standard InChI is InChI=1S/C18H20ClN/c1-12-15(8-5-9-17(12)19)18(20-2)11-14-10-13-6-3-4-7-16(13)14/h3-9,14,18,20H,10-11H2,1-2H3. The second kappa shape index (κ2) is 5.59. The molecule has 0 saturated carbocycles. The van der Waals surface area contributed by atoms with Crippen molar-refractivity contribution in [2.45, 2.75) is 31.7 Å². The topological polar surface area (TPSA) is 12.0 Å². The zero-order chi connectivity index (χ0) is 14.1. The Morgan fingerprint density at radius 3 is 2.75 bits per heavy atom. The van der Waals surface area contributed by atoms with Gasteiger partial charge in [0.1, 0.15) is 0 Å².